The minimum atomic E-state index is -0.0664. The number of likely N-dealkylation sites (tertiary alicyclic amines) is 1. The van der Waals surface area contributed by atoms with Gasteiger partial charge >= 0.3 is 0 Å². The summed E-state index contributed by atoms with van der Waals surface area (Å²) in [6.07, 6.45) is 1.03. The highest BCUT2D eigenvalue weighted by atomic mass is 16.5. The fourth-order valence-electron chi connectivity index (χ4n) is 2.75. The van der Waals surface area contributed by atoms with Gasteiger partial charge in [0, 0.05) is 24.7 Å². The molecule has 1 saturated heterocycles. The molecule has 0 spiro atoms. The summed E-state index contributed by atoms with van der Waals surface area (Å²) in [6, 6.07) is 11.4. The van der Waals surface area contributed by atoms with Gasteiger partial charge in [0.05, 0.1) is 0 Å². The lowest BCUT2D eigenvalue weighted by Gasteiger charge is -2.14. The average Bonchev–Trinajstić information content (AvgIpc) is 3.17. The molecule has 1 atom stereocenters. The molecule has 1 unspecified atom stereocenters. The molecule has 110 valence electrons. The molecule has 1 aromatic heterocycles. The molecule has 1 aliphatic rings. The van der Waals surface area contributed by atoms with Gasteiger partial charge in [-0.2, -0.15) is 0 Å². The summed E-state index contributed by atoms with van der Waals surface area (Å²) < 4.78 is 5.23. The molecule has 0 saturated carbocycles. The fourth-order valence-corrected chi connectivity index (χ4v) is 2.75. The number of amides is 1. The number of carbonyl (C=O) groups excluding carboxylic acids is 1. The van der Waals surface area contributed by atoms with Gasteiger partial charge in [0.25, 0.3) is 5.91 Å². The number of nitrogens with one attached hydrogen (secondary N) is 1. The quantitative estimate of drug-likeness (QED) is 0.933. The minimum absolute atomic E-state index is 0.0664. The molecule has 21 heavy (non-hydrogen) atoms. The first-order valence-electron chi connectivity index (χ1n) is 7.24. The Morgan fingerprint density at radius 3 is 3.00 bits per heavy atom. The number of hydrogen-bond donors (Lipinski definition) is 1. The van der Waals surface area contributed by atoms with Crippen LogP contribution in [-0.2, 0) is 0 Å². The van der Waals surface area contributed by atoms with Crippen molar-refractivity contribution in [3.63, 3.8) is 0 Å². The summed E-state index contributed by atoms with van der Waals surface area (Å²) >= 11 is 0. The smallest absolute Gasteiger partial charge is 0.292 e. The normalized spacial score (nSPS) is 18.1. The third-order valence-corrected chi connectivity index (χ3v) is 3.86. The van der Waals surface area contributed by atoms with Crippen molar-refractivity contribution in [3.05, 3.63) is 42.2 Å². The topological polar surface area (TPSA) is 58.4 Å². The SMILES string of the molecule is CNCC1CCN(C(=O)c2cc(-c3ccccc3)no2)C1. The van der Waals surface area contributed by atoms with Crippen molar-refractivity contribution >= 4 is 5.91 Å². The van der Waals surface area contributed by atoms with Crippen molar-refractivity contribution in [2.24, 2.45) is 5.92 Å². The number of hydrogen-bond acceptors (Lipinski definition) is 4. The van der Waals surface area contributed by atoms with Crippen LogP contribution in [0.3, 0.4) is 0 Å². The first-order chi connectivity index (χ1) is 10.3. The van der Waals surface area contributed by atoms with Crippen LogP contribution in [-0.4, -0.2) is 42.6 Å². The molecular formula is C16H19N3O2. The zero-order valence-electron chi connectivity index (χ0n) is 12.1. The zero-order chi connectivity index (χ0) is 14.7. The second-order valence-electron chi connectivity index (χ2n) is 5.41. The summed E-state index contributed by atoms with van der Waals surface area (Å²) in [4.78, 5) is 14.3. The summed E-state index contributed by atoms with van der Waals surface area (Å²) in [5, 5.41) is 7.16. The first-order valence-corrected chi connectivity index (χ1v) is 7.24. The van der Waals surface area contributed by atoms with E-state index in [1.807, 2.05) is 42.3 Å². The fraction of sp³-hybridized carbons (Fsp3) is 0.375. The lowest BCUT2D eigenvalue weighted by atomic mass is 10.1. The lowest BCUT2D eigenvalue weighted by molar-refractivity contribution is 0.0746. The van der Waals surface area contributed by atoms with Gasteiger partial charge in [0.2, 0.25) is 5.76 Å². The van der Waals surface area contributed by atoms with E-state index in [1.54, 1.807) is 6.07 Å². The van der Waals surface area contributed by atoms with Gasteiger partial charge in [-0.05, 0) is 25.9 Å². The van der Waals surface area contributed by atoms with E-state index in [4.69, 9.17) is 4.52 Å². The zero-order valence-corrected chi connectivity index (χ0v) is 12.1. The van der Waals surface area contributed by atoms with Gasteiger partial charge in [-0.15, -0.1) is 0 Å². The number of aromatic nitrogens is 1. The lowest BCUT2D eigenvalue weighted by Crippen LogP contribution is -2.30. The number of rotatable bonds is 4. The van der Waals surface area contributed by atoms with Crippen molar-refractivity contribution in [2.75, 3.05) is 26.7 Å². The standard InChI is InChI=1S/C16H19N3O2/c1-17-10-12-7-8-19(11-12)16(20)15-9-14(18-21-15)13-5-3-2-4-6-13/h2-6,9,12,17H,7-8,10-11H2,1H3. The van der Waals surface area contributed by atoms with Crippen LogP contribution < -0.4 is 5.32 Å². The average molecular weight is 285 g/mol. The van der Waals surface area contributed by atoms with E-state index in [0.717, 1.165) is 31.6 Å². The van der Waals surface area contributed by atoms with Gasteiger partial charge in [-0.3, -0.25) is 4.79 Å². The van der Waals surface area contributed by atoms with Crippen LogP contribution in [0.4, 0.5) is 0 Å². The molecule has 1 N–H and O–H groups in total. The van der Waals surface area contributed by atoms with Crippen LogP contribution in [0.2, 0.25) is 0 Å². The Morgan fingerprint density at radius 2 is 2.24 bits per heavy atom. The molecule has 1 aromatic carbocycles. The highest BCUT2D eigenvalue weighted by Crippen LogP contribution is 2.22. The first kappa shape index (κ1) is 13.8. The Bertz CT molecular complexity index is 609. The maximum absolute atomic E-state index is 12.4. The van der Waals surface area contributed by atoms with Crippen molar-refractivity contribution < 1.29 is 9.32 Å². The van der Waals surface area contributed by atoms with E-state index in [2.05, 4.69) is 10.5 Å². The van der Waals surface area contributed by atoms with Crippen LogP contribution >= 0.6 is 0 Å². The summed E-state index contributed by atoms with van der Waals surface area (Å²) in [6.45, 7) is 2.50. The second-order valence-corrected chi connectivity index (χ2v) is 5.41. The Kier molecular flexibility index (Phi) is 4.01. The highest BCUT2D eigenvalue weighted by molar-refractivity contribution is 5.92. The molecule has 0 radical (unpaired) electrons. The molecule has 5 nitrogen and oxygen atoms in total. The molecule has 0 bridgehead atoms. The third-order valence-electron chi connectivity index (χ3n) is 3.86. The number of nitrogens with zero attached hydrogens (tertiary/aromatic N) is 2. The van der Waals surface area contributed by atoms with Crippen LogP contribution in [0, 0.1) is 5.92 Å². The second kappa shape index (κ2) is 6.10. The Morgan fingerprint density at radius 1 is 1.43 bits per heavy atom. The summed E-state index contributed by atoms with van der Waals surface area (Å²) in [5.41, 5.74) is 1.65. The van der Waals surface area contributed by atoms with Crippen LogP contribution in [0.1, 0.15) is 17.0 Å². The molecule has 5 heteroatoms. The van der Waals surface area contributed by atoms with Crippen LogP contribution in [0.25, 0.3) is 11.3 Å². The van der Waals surface area contributed by atoms with Crippen molar-refractivity contribution in [3.8, 4) is 11.3 Å². The van der Waals surface area contributed by atoms with Gasteiger partial charge in [-0.1, -0.05) is 35.5 Å². The third kappa shape index (κ3) is 2.97. The van der Waals surface area contributed by atoms with Gasteiger partial charge in [0.1, 0.15) is 5.69 Å². The van der Waals surface area contributed by atoms with Gasteiger partial charge in [-0.25, -0.2) is 0 Å². The maximum atomic E-state index is 12.4. The largest absolute Gasteiger partial charge is 0.350 e. The van der Waals surface area contributed by atoms with E-state index >= 15 is 0 Å². The molecule has 2 aromatic rings. The van der Waals surface area contributed by atoms with Crippen LogP contribution in [0.15, 0.2) is 40.9 Å². The molecule has 0 aliphatic carbocycles. The summed E-state index contributed by atoms with van der Waals surface area (Å²) in [7, 11) is 1.94. The molecule has 1 amide bonds. The predicted molar refractivity (Wildman–Crippen MR) is 79.9 cm³/mol. The van der Waals surface area contributed by atoms with Gasteiger partial charge < -0.3 is 14.7 Å². The maximum Gasteiger partial charge on any atom is 0.292 e. The molecular weight excluding hydrogens is 266 g/mol. The minimum Gasteiger partial charge on any atom is -0.350 e. The monoisotopic (exact) mass is 285 g/mol. The number of carbonyl (C=O) groups is 1. The number of benzene rings is 1. The molecule has 1 fully saturated rings. The van der Waals surface area contributed by atoms with Gasteiger partial charge in [0.15, 0.2) is 0 Å². The molecule has 3 rings (SSSR count). The summed E-state index contributed by atoms with van der Waals surface area (Å²) in [5.74, 6) is 0.776. The molecule has 2 heterocycles. The van der Waals surface area contributed by atoms with E-state index in [9.17, 15) is 4.79 Å². The highest BCUT2D eigenvalue weighted by Gasteiger charge is 2.28. The van der Waals surface area contributed by atoms with Crippen molar-refractivity contribution in [1.29, 1.82) is 0 Å². The Labute approximate surface area is 123 Å². The van der Waals surface area contributed by atoms with E-state index < -0.39 is 0 Å². The van der Waals surface area contributed by atoms with E-state index in [1.165, 1.54) is 0 Å². The predicted octanol–water partition coefficient (Wildman–Crippen LogP) is 2.02. The van der Waals surface area contributed by atoms with Crippen LogP contribution in [0.5, 0.6) is 0 Å². The van der Waals surface area contributed by atoms with E-state index in [-0.39, 0.29) is 5.91 Å². The Balaban J connectivity index is 1.70. The van der Waals surface area contributed by atoms with Crippen molar-refractivity contribution in [1.82, 2.24) is 15.4 Å². The van der Waals surface area contributed by atoms with Crippen molar-refractivity contribution in [2.45, 2.75) is 6.42 Å². The van der Waals surface area contributed by atoms with E-state index in [0.29, 0.717) is 17.4 Å². The Hall–Kier alpha value is -2.14. The molecule has 1 aliphatic heterocycles.